The second-order valence-electron chi connectivity index (χ2n) is 8.57. The van der Waals surface area contributed by atoms with Crippen LogP contribution in [0, 0.1) is 6.92 Å². The predicted molar refractivity (Wildman–Crippen MR) is 128 cm³/mol. The molecular weight excluding hydrogens is 442 g/mol. The maximum atomic E-state index is 12.4. The van der Waals surface area contributed by atoms with Gasteiger partial charge in [-0.15, -0.1) is 0 Å². The first-order chi connectivity index (χ1) is 15.7. The van der Waals surface area contributed by atoms with Crippen molar-refractivity contribution in [2.45, 2.75) is 63.0 Å². The first-order valence-electron chi connectivity index (χ1n) is 11.0. The van der Waals surface area contributed by atoms with Crippen LogP contribution in [0.25, 0.3) is 0 Å². The molecule has 2 atom stereocenters. The number of methoxy groups -OCH3 is 1. The molecule has 180 valence electrons. The minimum Gasteiger partial charge on any atom is -0.497 e. The highest BCUT2D eigenvalue weighted by molar-refractivity contribution is 7.89. The Labute approximate surface area is 196 Å². The molecule has 0 radical (unpaired) electrons. The fourth-order valence-electron chi connectivity index (χ4n) is 3.62. The average Bonchev–Trinajstić information content (AvgIpc) is 3.07. The molecule has 0 amide bonds. The minimum absolute atomic E-state index is 0.00258. The number of hydrogen-bond donors (Lipinski definition) is 2. The average molecular weight is 476 g/mol. The Kier molecular flexibility index (Phi) is 8.47. The number of hydrogen-bond acceptors (Lipinski definition) is 7. The van der Waals surface area contributed by atoms with E-state index in [2.05, 4.69) is 15.2 Å². The molecule has 1 aliphatic heterocycles. The lowest BCUT2D eigenvalue weighted by atomic mass is 10.1. The number of nitrogens with zero attached hydrogens (tertiary/aromatic N) is 1. The molecule has 8 nitrogen and oxygen atoms in total. The van der Waals surface area contributed by atoms with Crippen molar-refractivity contribution in [3.05, 3.63) is 59.7 Å². The molecule has 33 heavy (non-hydrogen) atoms. The van der Waals surface area contributed by atoms with Crippen LogP contribution in [-0.4, -0.2) is 46.2 Å². The Morgan fingerprint density at radius 1 is 1.15 bits per heavy atom. The van der Waals surface area contributed by atoms with E-state index in [1.165, 1.54) is 6.21 Å². The Morgan fingerprint density at radius 3 is 2.52 bits per heavy atom. The summed E-state index contributed by atoms with van der Waals surface area (Å²) in [7, 11) is -2.08. The van der Waals surface area contributed by atoms with Gasteiger partial charge in [-0.2, -0.15) is 13.5 Å². The highest BCUT2D eigenvalue weighted by Crippen LogP contribution is 2.23. The molecule has 0 aliphatic carbocycles. The Hall–Kier alpha value is -2.46. The molecule has 1 aliphatic rings. The van der Waals surface area contributed by atoms with E-state index in [0.29, 0.717) is 13.2 Å². The van der Waals surface area contributed by atoms with E-state index < -0.39 is 15.7 Å². The molecule has 3 rings (SSSR count). The van der Waals surface area contributed by atoms with E-state index in [1.807, 2.05) is 45.0 Å². The summed E-state index contributed by atoms with van der Waals surface area (Å²) >= 11 is 0. The highest BCUT2D eigenvalue weighted by atomic mass is 32.2. The van der Waals surface area contributed by atoms with Gasteiger partial charge in [0.25, 0.3) is 10.0 Å². The first-order valence-corrected chi connectivity index (χ1v) is 12.4. The number of rotatable bonds is 11. The third-order valence-electron chi connectivity index (χ3n) is 5.32. The third kappa shape index (κ3) is 7.53. The van der Waals surface area contributed by atoms with Gasteiger partial charge in [-0.1, -0.05) is 29.8 Å². The van der Waals surface area contributed by atoms with Crippen molar-refractivity contribution in [2.75, 3.05) is 13.7 Å². The van der Waals surface area contributed by atoms with Crippen LogP contribution in [0.2, 0.25) is 0 Å². The topological polar surface area (TPSA) is 98.2 Å². The van der Waals surface area contributed by atoms with Gasteiger partial charge in [-0.3, -0.25) is 5.32 Å². The maximum absolute atomic E-state index is 12.4. The quantitative estimate of drug-likeness (QED) is 0.294. The lowest BCUT2D eigenvalue weighted by Crippen LogP contribution is -2.39. The first kappa shape index (κ1) is 25.2. The van der Waals surface area contributed by atoms with Crippen molar-refractivity contribution in [3.8, 4) is 5.75 Å². The van der Waals surface area contributed by atoms with Crippen molar-refractivity contribution in [3.63, 3.8) is 0 Å². The predicted octanol–water partition coefficient (Wildman–Crippen LogP) is 3.36. The molecule has 0 bridgehead atoms. The Morgan fingerprint density at radius 2 is 1.85 bits per heavy atom. The largest absolute Gasteiger partial charge is 0.497 e. The zero-order valence-corrected chi connectivity index (χ0v) is 20.4. The molecule has 0 saturated carbocycles. The van der Waals surface area contributed by atoms with E-state index in [9.17, 15) is 8.42 Å². The summed E-state index contributed by atoms with van der Waals surface area (Å²) in [6.45, 7) is 6.91. The minimum atomic E-state index is -3.72. The summed E-state index contributed by atoms with van der Waals surface area (Å²) in [5.74, 6) is 0.822. The third-order valence-corrected chi connectivity index (χ3v) is 6.56. The summed E-state index contributed by atoms with van der Waals surface area (Å²) in [6, 6.07) is 14.4. The van der Waals surface area contributed by atoms with E-state index in [0.717, 1.165) is 29.7 Å². The SMILES string of the molecule is COc1ccc(COCCC[C@@H]2NC(C)(C)O[C@H]2/C=N/NS(=O)(=O)c2ccc(C)cc2)cc1. The monoisotopic (exact) mass is 475 g/mol. The van der Waals surface area contributed by atoms with Crippen LogP contribution in [-0.2, 0) is 26.1 Å². The van der Waals surface area contributed by atoms with Gasteiger partial charge in [-0.25, -0.2) is 4.83 Å². The normalized spacial score (nSPS) is 20.2. The Bertz CT molecular complexity index is 1020. The molecule has 1 fully saturated rings. The number of hydrazone groups is 1. The van der Waals surface area contributed by atoms with Crippen LogP contribution < -0.4 is 14.9 Å². The number of ether oxygens (including phenoxy) is 3. The molecule has 1 heterocycles. The van der Waals surface area contributed by atoms with Gasteiger partial charge in [0, 0.05) is 12.6 Å². The van der Waals surface area contributed by atoms with Gasteiger partial charge in [-0.05, 0) is 63.4 Å². The van der Waals surface area contributed by atoms with Crippen LogP contribution in [0.5, 0.6) is 5.75 Å². The lowest BCUT2D eigenvalue weighted by Gasteiger charge is -2.17. The van der Waals surface area contributed by atoms with Gasteiger partial charge in [0.15, 0.2) is 0 Å². The van der Waals surface area contributed by atoms with E-state index in [4.69, 9.17) is 14.2 Å². The van der Waals surface area contributed by atoms with E-state index in [-0.39, 0.29) is 17.0 Å². The smallest absolute Gasteiger partial charge is 0.276 e. The number of nitrogens with one attached hydrogen (secondary N) is 2. The van der Waals surface area contributed by atoms with Gasteiger partial charge in [0.05, 0.1) is 24.8 Å². The molecule has 2 N–H and O–H groups in total. The van der Waals surface area contributed by atoms with Crippen molar-refractivity contribution < 1.29 is 22.6 Å². The van der Waals surface area contributed by atoms with Crippen molar-refractivity contribution in [1.82, 2.24) is 10.1 Å². The van der Waals surface area contributed by atoms with Crippen molar-refractivity contribution in [2.24, 2.45) is 5.10 Å². The molecule has 2 aromatic rings. The van der Waals surface area contributed by atoms with Gasteiger partial charge >= 0.3 is 0 Å². The van der Waals surface area contributed by atoms with Crippen LogP contribution in [0.4, 0.5) is 0 Å². The van der Waals surface area contributed by atoms with Crippen molar-refractivity contribution >= 4 is 16.2 Å². The molecule has 0 unspecified atom stereocenters. The summed E-state index contributed by atoms with van der Waals surface area (Å²) in [4.78, 5) is 2.44. The second-order valence-corrected chi connectivity index (χ2v) is 10.2. The zero-order valence-electron chi connectivity index (χ0n) is 19.6. The standard InChI is InChI=1S/C24H33N3O5S/c1-18-7-13-21(14-8-18)33(28,29)27-25-16-23-22(26-24(2,3)32-23)6-5-15-31-17-19-9-11-20(30-4)12-10-19/h7-14,16,22-23,26-27H,5-6,15,17H2,1-4H3/b25-16+/t22-,23-/m0/s1. The van der Waals surface area contributed by atoms with Crippen LogP contribution in [0.15, 0.2) is 58.5 Å². The second kappa shape index (κ2) is 11.1. The molecule has 2 aromatic carbocycles. The van der Waals surface area contributed by atoms with Crippen molar-refractivity contribution in [1.29, 1.82) is 0 Å². The summed E-state index contributed by atoms with van der Waals surface area (Å²) in [5.41, 5.74) is 1.55. The molecule has 9 heteroatoms. The Balaban J connectivity index is 1.47. The highest BCUT2D eigenvalue weighted by Gasteiger charge is 2.38. The summed E-state index contributed by atoms with van der Waals surface area (Å²) in [6.07, 6.45) is 2.78. The van der Waals surface area contributed by atoms with E-state index >= 15 is 0 Å². The fraction of sp³-hybridized carbons (Fsp3) is 0.458. The maximum Gasteiger partial charge on any atom is 0.276 e. The number of aryl methyl sites for hydroxylation is 1. The zero-order chi connectivity index (χ0) is 23.9. The van der Waals surface area contributed by atoms with Crippen LogP contribution in [0.3, 0.4) is 0 Å². The summed E-state index contributed by atoms with van der Waals surface area (Å²) < 4.78 is 41.8. The van der Waals surface area contributed by atoms with E-state index in [1.54, 1.807) is 31.4 Å². The van der Waals surface area contributed by atoms with Gasteiger partial charge in [0.2, 0.25) is 0 Å². The van der Waals surface area contributed by atoms with Crippen LogP contribution >= 0.6 is 0 Å². The molecule has 0 aromatic heterocycles. The summed E-state index contributed by atoms with van der Waals surface area (Å²) in [5, 5.41) is 7.40. The molecular formula is C24H33N3O5S. The number of benzene rings is 2. The van der Waals surface area contributed by atoms with Gasteiger partial charge in [0.1, 0.15) is 17.6 Å². The molecule has 1 saturated heterocycles. The lowest BCUT2D eigenvalue weighted by molar-refractivity contribution is 0.00276. The number of sulfonamides is 1. The van der Waals surface area contributed by atoms with Gasteiger partial charge < -0.3 is 14.2 Å². The van der Waals surface area contributed by atoms with Crippen LogP contribution in [0.1, 0.15) is 37.8 Å². The molecule has 0 spiro atoms. The fourth-order valence-corrected chi connectivity index (χ4v) is 4.42.